The number of benzene rings is 1. The first-order chi connectivity index (χ1) is 18.9. The van der Waals surface area contributed by atoms with Gasteiger partial charge in [0.05, 0.1) is 19.4 Å². The summed E-state index contributed by atoms with van der Waals surface area (Å²) >= 11 is 6.30. The zero-order valence-electron chi connectivity index (χ0n) is 23.0. The van der Waals surface area contributed by atoms with Gasteiger partial charge in [0.15, 0.2) is 5.82 Å². The summed E-state index contributed by atoms with van der Waals surface area (Å²) in [5, 5.41) is 11.0. The summed E-state index contributed by atoms with van der Waals surface area (Å²) in [6.07, 6.45) is 2.59. The number of morpholine rings is 1. The highest BCUT2D eigenvalue weighted by atomic mass is 35.5. The van der Waals surface area contributed by atoms with E-state index in [2.05, 4.69) is 30.1 Å². The zero-order chi connectivity index (χ0) is 27.6. The van der Waals surface area contributed by atoms with Crippen LogP contribution in [0, 0.1) is 17.2 Å². The molecule has 39 heavy (non-hydrogen) atoms. The highest BCUT2D eigenvalue weighted by Gasteiger charge is 2.20. The Hall–Kier alpha value is -2.81. The van der Waals surface area contributed by atoms with Gasteiger partial charge in [-0.1, -0.05) is 37.6 Å². The topological polar surface area (TPSA) is 101 Å². The van der Waals surface area contributed by atoms with Crippen LogP contribution < -0.4 is 10.4 Å². The van der Waals surface area contributed by atoms with Crippen molar-refractivity contribution in [3.05, 3.63) is 52.4 Å². The molecule has 1 aromatic carbocycles. The van der Waals surface area contributed by atoms with Gasteiger partial charge in [0.1, 0.15) is 11.1 Å². The highest BCUT2D eigenvalue weighted by molar-refractivity contribution is 6.32. The lowest BCUT2D eigenvalue weighted by atomic mass is 10.1. The number of carbonyl (C=O) groups is 1. The second kappa shape index (κ2) is 14.5. The molecule has 2 fully saturated rings. The van der Waals surface area contributed by atoms with Crippen LogP contribution in [0.1, 0.15) is 42.0 Å². The number of anilines is 1. The van der Waals surface area contributed by atoms with Crippen LogP contribution in [-0.4, -0.2) is 103 Å². The van der Waals surface area contributed by atoms with Crippen molar-refractivity contribution >= 4 is 23.3 Å². The standard InChI is InChI=1S/C28H39ClN8O2/c1-22(2)20-37(27-25(29)19-31-26(18-30)32-27)33-28(38)24-6-4-23(5-7-24)21-36-12-10-34(11-13-36)8-3-9-35-14-16-39-17-15-35/h4-7,19,22H,3,8-17,20-21H2,1-2H3,(H,33,38). The quantitative estimate of drug-likeness (QED) is 0.420. The number of hydrogen-bond acceptors (Lipinski definition) is 9. The first-order valence-corrected chi connectivity index (χ1v) is 14.1. The molecule has 0 saturated carbocycles. The van der Waals surface area contributed by atoms with E-state index in [0.29, 0.717) is 17.9 Å². The maximum Gasteiger partial charge on any atom is 0.269 e. The van der Waals surface area contributed by atoms with Crippen molar-refractivity contribution in [1.29, 1.82) is 5.26 Å². The van der Waals surface area contributed by atoms with Crippen molar-refractivity contribution in [2.75, 3.05) is 77.1 Å². The first-order valence-electron chi connectivity index (χ1n) is 13.8. The van der Waals surface area contributed by atoms with Crippen molar-refractivity contribution in [1.82, 2.24) is 30.1 Å². The second-order valence-electron chi connectivity index (χ2n) is 10.5. The summed E-state index contributed by atoms with van der Waals surface area (Å²) in [4.78, 5) is 28.7. The van der Waals surface area contributed by atoms with Gasteiger partial charge in [0, 0.05) is 57.9 Å². The Morgan fingerprint density at radius 2 is 1.72 bits per heavy atom. The van der Waals surface area contributed by atoms with Crippen LogP contribution in [0.25, 0.3) is 0 Å². The van der Waals surface area contributed by atoms with Crippen LogP contribution in [0.5, 0.6) is 0 Å². The fourth-order valence-corrected chi connectivity index (χ4v) is 5.07. The fourth-order valence-electron chi connectivity index (χ4n) is 4.87. The van der Waals surface area contributed by atoms with Crippen LogP contribution in [0.3, 0.4) is 0 Å². The minimum Gasteiger partial charge on any atom is -0.379 e. The van der Waals surface area contributed by atoms with E-state index in [1.165, 1.54) is 18.2 Å². The van der Waals surface area contributed by atoms with E-state index in [0.717, 1.165) is 72.1 Å². The van der Waals surface area contributed by atoms with E-state index < -0.39 is 0 Å². The molecule has 1 amide bonds. The molecule has 10 nitrogen and oxygen atoms in total. The fraction of sp³-hybridized carbons (Fsp3) is 0.571. The zero-order valence-corrected chi connectivity index (χ0v) is 23.7. The van der Waals surface area contributed by atoms with Crippen molar-refractivity contribution in [3.8, 4) is 6.07 Å². The lowest BCUT2D eigenvalue weighted by Crippen LogP contribution is -2.46. The van der Waals surface area contributed by atoms with Crippen LogP contribution in [-0.2, 0) is 11.3 Å². The third-order valence-electron chi connectivity index (χ3n) is 7.01. The molecule has 0 bridgehead atoms. The summed E-state index contributed by atoms with van der Waals surface area (Å²) < 4.78 is 5.43. The summed E-state index contributed by atoms with van der Waals surface area (Å²) in [6.45, 7) is 15.8. The molecule has 2 saturated heterocycles. The molecule has 2 aliphatic rings. The summed E-state index contributed by atoms with van der Waals surface area (Å²) in [5.74, 6) is 0.258. The van der Waals surface area contributed by atoms with E-state index in [-0.39, 0.29) is 22.7 Å². The number of nitrogens with one attached hydrogen (secondary N) is 1. The van der Waals surface area contributed by atoms with Gasteiger partial charge in [0.25, 0.3) is 5.91 Å². The molecule has 0 unspecified atom stereocenters. The van der Waals surface area contributed by atoms with Crippen LogP contribution in [0.15, 0.2) is 30.5 Å². The number of hydrogen-bond donors (Lipinski definition) is 1. The Bertz CT molecular complexity index is 1110. The summed E-state index contributed by atoms with van der Waals surface area (Å²) in [6, 6.07) is 9.65. The van der Waals surface area contributed by atoms with E-state index in [4.69, 9.17) is 16.3 Å². The van der Waals surface area contributed by atoms with Crippen LogP contribution in [0.4, 0.5) is 5.82 Å². The molecule has 0 spiro atoms. The van der Waals surface area contributed by atoms with Crippen LogP contribution >= 0.6 is 11.6 Å². The van der Waals surface area contributed by atoms with E-state index >= 15 is 0 Å². The van der Waals surface area contributed by atoms with Gasteiger partial charge in [-0.25, -0.2) is 4.98 Å². The molecule has 0 aliphatic carbocycles. The number of hydrazine groups is 1. The lowest BCUT2D eigenvalue weighted by molar-refractivity contribution is 0.0350. The normalized spacial score (nSPS) is 17.2. The maximum absolute atomic E-state index is 13.1. The molecule has 3 heterocycles. The second-order valence-corrected chi connectivity index (χ2v) is 11.0. The van der Waals surface area contributed by atoms with Crippen LogP contribution in [0.2, 0.25) is 5.02 Å². The van der Waals surface area contributed by atoms with E-state index in [1.807, 2.05) is 44.2 Å². The van der Waals surface area contributed by atoms with Gasteiger partial charge in [0.2, 0.25) is 5.82 Å². The monoisotopic (exact) mass is 554 g/mol. The SMILES string of the molecule is CC(C)CN(NC(=O)c1ccc(CN2CCN(CCCN3CCOCC3)CC2)cc1)c1nc(C#N)ncc1Cl. The molecule has 210 valence electrons. The number of amides is 1. The molecule has 0 atom stereocenters. The average molecular weight is 555 g/mol. The Morgan fingerprint density at radius 3 is 2.36 bits per heavy atom. The number of halogens is 1. The number of aromatic nitrogens is 2. The van der Waals surface area contributed by atoms with E-state index in [9.17, 15) is 10.1 Å². The minimum atomic E-state index is -0.263. The van der Waals surface area contributed by atoms with Gasteiger partial charge in [-0.15, -0.1) is 0 Å². The summed E-state index contributed by atoms with van der Waals surface area (Å²) in [7, 11) is 0. The predicted octanol–water partition coefficient (Wildman–Crippen LogP) is 2.65. The Morgan fingerprint density at radius 1 is 1.08 bits per heavy atom. The maximum atomic E-state index is 13.1. The Balaban J connectivity index is 1.25. The molecule has 0 radical (unpaired) electrons. The average Bonchev–Trinajstić information content (AvgIpc) is 2.94. The van der Waals surface area contributed by atoms with Crippen molar-refractivity contribution < 1.29 is 9.53 Å². The first kappa shape index (κ1) is 29.2. The van der Waals surface area contributed by atoms with Gasteiger partial charge in [-0.2, -0.15) is 10.2 Å². The minimum absolute atomic E-state index is 0.00409. The molecule has 2 aliphatic heterocycles. The lowest BCUT2D eigenvalue weighted by Gasteiger charge is -2.35. The Labute approximate surface area is 236 Å². The largest absolute Gasteiger partial charge is 0.379 e. The highest BCUT2D eigenvalue weighted by Crippen LogP contribution is 2.22. The molecule has 2 aromatic rings. The van der Waals surface area contributed by atoms with Crippen molar-refractivity contribution in [2.24, 2.45) is 5.92 Å². The van der Waals surface area contributed by atoms with Gasteiger partial charge in [-0.3, -0.25) is 25.0 Å². The van der Waals surface area contributed by atoms with Gasteiger partial charge in [-0.05, 0) is 43.1 Å². The molecule has 1 aromatic heterocycles. The number of nitrogens with zero attached hydrogens (tertiary/aromatic N) is 7. The van der Waals surface area contributed by atoms with E-state index in [1.54, 1.807) is 5.01 Å². The van der Waals surface area contributed by atoms with Gasteiger partial charge >= 0.3 is 0 Å². The molecule has 1 N–H and O–H groups in total. The predicted molar refractivity (Wildman–Crippen MR) is 151 cm³/mol. The third-order valence-corrected chi connectivity index (χ3v) is 7.27. The molecule has 4 rings (SSSR count). The van der Waals surface area contributed by atoms with Crippen molar-refractivity contribution in [2.45, 2.75) is 26.8 Å². The Kier molecular flexibility index (Phi) is 10.9. The molecule has 11 heteroatoms. The third kappa shape index (κ3) is 8.85. The smallest absolute Gasteiger partial charge is 0.269 e. The number of piperazine rings is 1. The van der Waals surface area contributed by atoms with Gasteiger partial charge < -0.3 is 9.64 Å². The van der Waals surface area contributed by atoms with Crippen molar-refractivity contribution in [3.63, 3.8) is 0 Å². The number of nitriles is 1. The number of carbonyl (C=O) groups excluding carboxylic acids is 1. The summed E-state index contributed by atoms with van der Waals surface area (Å²) in [5.41, 5.74) is 4.63. The molecular formula is C28H39ClN8O2. The molecular weight excluding hydrogens is 516 g/mol. The number of rotatable bonds is 11. The number of ether oxygens (including phenoxy) is 1.